The predicted octanol–water partition coefficient (Wildman–Crippen LogP) is 2.95. The molecule has 0 aliphatic rings. The zero-order valence-electron chi connectivity index (χ0n) is 14.1. The smallest absolute Gasteiger partial charge is 0.471 e. The van der Waals surface area contributed by atoms with Gasteiger partial charge in [0, 0.05) is 6.42 Å². The number of amides is 1. The van der Waals surface area contributed by atoms with E-state index < -0.39 is 24.1 Å². The third kappa shape index (κ3) is 5.91. The molecule has 0 heterocycles. The third-order valence-corrected chi connectivity index (χ3v) is 3.48. The van der Waals surface area contributed by atoms with Crippen LogP contribution in [0.15, 0.2) is 48.5 Å². The summed E-state index contributed by atoms with van der Waals surface area (Å²) in [7, 11) is 1.02. The van der Waals surface area contributed by atoms with E-state index in [-0.39, 0.29) is 12.2 Å². The van der Waals surface area contributed by atoms with Crippen molar-refractivity contribution < 1.29 is 37.3 Å². The lowest BCUT2D eigenvalue weighted by Crippen LogP contribution is -2.48. The Hall–Kier alpha value is -3.23. The van der Waals surface area contributed by atoms with Crippen molar-refractivity contribution >= 4 is 11.9 Å². The van der Waals surface area contributed by atoms with Gasteiger partial charge in [0.15, 0.2) is 0 Å². The van der Waals surface area contributed by atoms with Crippen LogP contribution in [0.25, 0.3) is 0 Å². The summed E-state index contributed by atoms with van der Waals surface area (Å²) in [6, 6.07) is 10.8. The average Bonchev–Trinajstić information content (AvgIpc) is 2.63. The number of carbonyl (C=O) groups excluding carboxylic acids is 2. The van der Waals surface area contributed by atoms with Crippen LogP contribution in [-0.4, -0.2) is 36.3 Å². The quantitative estimate of drug-likeness (QED) is 0.750. The zero-order chi connectivity index (χ0) is 20.0. The number of hydrogen-bond donors (Lipinski definition) is 2. The Kier molecular flexibility index (Phi) is 6.27. The van der Waals surface area contributed by atoms with Gasteiger partial charge < -0.3 is 19.9 Å². The normalized spacial score (nSPS) is 12.1. The monoisotopic (exact) mass is 383 g/mol. The van der Waals surface area contributed by atoms with E-state index in [9.17, 15) is 27.9 Å². The molecule has 9 heteroatoms. The van der Waals surface area contributed by atoms with E-state index in [0.717, 1.165) is 7.11 Å². The van der Waals surface area contributed by atoms with Gasteiger partial charge in [-0.15, -0.1) is 0 Å². The molecule has 0 spiro atoms. The van der Waals surface area contributed by atoms with E-state index in [1.54, 1.807) is 41.7 Å². The van der Waals surface area contributed by atoms with Crippen LogP contribution >= 0.6 is 0 Å². The summed E-state index contributed by atoms with van der Waals surface area (Å²) in [4.78, 5) is 22.8. The molecule has 1 unspecified atom stereocenters. The zero-order valence-corrected chi connectivity index (χ0v) is 14.1. The first-order valence-corrected chi connectivity index (χ1v) is 7.70. The number of phenols is 1. The highest BCUT2D eigenvalue weighted by atomic mass is 19.4. The van der Waals surface area contributed by atoms with E-state index in [1.807, 2.05) is 0 Å². The molecule has 6 nitrogen and oxygen atoms in total. The van der Waals surface area contributed by atoms with Crippen LogP contribution in [-0.2, 0) is 20.7 Å². The Labute approximate surface area is 152 Å². The molecule has 0 saturated carbocycles. The van der Waals surface area contributed by atoms with Crippen LogP contribution in [0.1, 0.15) is 5.56 Å². The average molecular weight is 383 g/mol. The van der Waals surface area contributed by atoms with Crippen LogP contribution in [0.2, 0.25) is 0 Å². The van der Waals surface area contributed by atoms with Gasteiger partial charge in [-0.2, -0.15) is 13.2 Å². The first kappa shape index (κ1) is 20.1. The number of aromatic hydroxyl groups is 1. The summed E-state index contributed by atoms with van der Waals surface area (Å²) in [5, 5.41) is 10.8. The minimum atomic E-state index is -5.10. The minimum Gasteiger partial charge on any atom is -0.508 e. The molecule has 1 atom stereocenters. The van der Waals surface area contributed by atoms with Crippen LogP contribution in [0.3, 0.4) is 0 Å². The highest BCUT2D eigenvalue weighted by Crippen LogP contribution is 2.24. The Morgan fingerprint density at radius 1 is 1.04 bits per heavy atom. The molecule has 1 amide bonds. The van der Waals surface area contributed by atoms with Crippen molar-refractivity contribution in [2.45, 2.75) is 18.6 Å². The molecule has 0 fully saturated rings. The van der Waals surface area contributed by atoms with Crippen LogP contribution in [0, 0.1) is 0 Å². The molecule has 2 rings (SSSR count). The standard InChI is InChI=1S/C18H16F3NO5/c1-26-16(24)15(22-17(25)18(19,20)21)10-11-2-6-13(7-3-11)27-14-8-4-12(23)5-9-14/h2-9,15,23H,10H2,1H3,(H,22,25). The molecule has 0 saturated heterocycles. The van der Waals surface area contributed by atoms with Gasteiger partial charge in [0.2, 0.25) is 0 Å². The molecule has 144 valence electrons. The van der Waals surface area contributed by atoms with Crippen molar-refractivity contribution in [2.75, 3.05) is 7.11 Å². The van der Waals surface area contributed by atoms with Gasteiger partial charge in [-0.3, -0.25) is 4.79 Å². The number of esters is 1. The number of carbonyl (C=O) groups is 2. The Morgan fingerprint density at radius 3 is 2.04 bits per heavy atom. The Balaban J connectivity index is 2.06. The van der Waals surface area contributed by atoms with E-state index in [2.05, 4.69) is 4.74 Å². The SMILES string of the molecule is COC(=O)C(Cc1ccc(Oc2ccc(O)cc2)cc1)NC(=O)C(F)(F)F. The maximum atomic E-state index is 12.4. The highest BCUT2D eigenvalue weighted by molar-refractivity contribution is 5.87. The number of benzene rings is 2. The molecule has 2 aromatic carbocycles. The summed E-state index contributed by atoms with van der Waals surface area (Å²) >= 11 is 0. The second-order valence-electron chi connectivity index (χ2n) is 5.49. The van der Waals surface area contributed by atoms with E-state index in [1.165, 1.54) is 12.1 Å². The van der Waals surface area contributed by atoms with Gasteiger partial charge in [0.1, 0.15) is 23.3 Å². The lowest BCUT2D eigenvalue weighted by molar-refractivity contribution is -0.175. The molecule has 2 aromatic rings. The van der Waals surface area contributed by atoms with Crippen molar-refractivity contribution in [3.63, 3.8) is 0 Å². The largest absolute Gasteiger partial charge is 0.508 e. The van der Waals surface area contributed by atoms with Crippen molar-refractivity contribution in [2.24, 2.45) is 0 Å². The van der Waals surface area contributed by atoms with E-state index >= 15 is 0 Å². The molecule has 2 N–H and O–H groups in total. The maximum Gasteiger partial charge on any atom is 0.471 e. The van der Waals surface area contributed by atoms with Crippen molar-refractivity contribution in [1.82, 2.24) is 5.32 Å². The second-order valence-corrected chi connectivity index (χ2v) is 5.49. The van der Waals surface area contributed by atoms with E-state index in [4.69, 9.17) is 4.74 Å². The summed E-state index contributed by atoms with van der Waals surface area (Å²) in [6.07, 6.45) is -5.29. The topological polar surface area (TPSA) is 84.9 Å². The third-order valence-electron chi connectivity index (χ3n) is 3.48. The van der Waals surface area contributed by atoms with E-state index in [0.29, 0.717) is 17.1 Å². The molecule has 0 aliphatic heterocycles. The van der Waals surface area contributed by atoms with Crippen LogP contribution in [0.5, 0.6) is 17.2 Å². The summed E-state index contributed by atoms with van der Waals surface area (Å²) in [6.45, 7) is 0. The first-order valence-electron chi connectivity index (χ1n) is 7.70. The number of phenolic OH excluding ortho intramolecular Hbond substituents is 1. The summed E-state index contributed by atoms with van der Waals surface area (Å²) < 4.78 is 47.2. The van der Waals surface area contributed by atoms with Crippen molar-refractivity contribution in [3.05, 3.63) is 54.1 Å². The lowest BCUT2D eigenvalue weighted by atomic mass is 10.1. The summed E-state index contributed by atoms with van der Waals surface area (Å²) in [5.74, 6) is -2.20. The lowest BCUT2D eigenvalue weighted by Gasteiger charge is -2.17. The van der Waals surface area contributed by atoms with Gasteiger partial charge in [-0.25, -0.2) is 4.79 Å². The number of methoxy groups -OCH3 is 1. The fraction of sp³-hybridized carbons (Fsp3) is 0.222. The number of hydrogen-bond acceptors (Lipinski definition) is 5. The molecular formula is C18H16F3NO5. The molecule has 0 bridgehead atoms. The number of nitrogens with one attached hydrogen (secondary N) is 1. The Morgan fingerprint density at radius 2 is 1.56 bits per heavy atom. The molecule has 0 radical (unpaired) electrons. The van der Waals surface area contributed by atoms with Crippen molar-refractivity contribution in [3.8, 4) is 17.2 Å². The predicted molar refractivity (Wildman–Crippen MR) is 88.3 cm³/mol. The molecule has 0 aliphatic carbocycles. The minimum absolute atomic E-state index is 0.0902. The number of ether oxygens (including phenoxy) is 2. The number of alkyl halides is 3. The van der Waals surface area contributed by atoms with Gasteiger partial charge in [-0.1, -0.05) is 12.1 Å². The van der Waals surface area contributed by atoms with Gasteiger partial charge >= 0.3 is 18.1 Å². The molecular weight excluding hydrogens is 367 g/mol. The summed E-state index contributed by atoms with van der Waals surface area (Å²) in [5.41, 5.74) is 0.492. The number of rotatable bonds is 6. The fourth-order valence-corrected chi connectivity index (χ4v) is 2.16. The van der Waals surface area contributed by atoms with Gasteiger partial charge in [0.05, 0.1) is 7.11 Å². The highest BCUT2D eigenvalue weighted by Gasteiger charge is 2.41. The Bertz CT molecular complexity index is 788. The van der Waals surface area contributed by atoms with Crippen LogP contribution in [0.4, 0.5) is 13.2 Å². The molecule has 0 aromatic heterocycles. The van der Waals surface area contributed by atoms with Gasteiger partial charge in [0.25, 0.3) is 0 Å². The maximum absolute atomic E-state index is 12.4. The number of halogens is 3. The second kappa shape index (κ2) is 8.43. The first-order chi connectivity index (χ1) is 12.7. The fourth-order valence-electron chi connectivity index (χ4n) is 2.16. The van der Waals surface area contributed by atoms with Crippen molar-refractivity contribution in [1.29, 1.82) is 0 Å². The molecule has 27 heavy (non-hydrogen) atoms. The van der Waals surface area contributed by atoms with Crippen LogP contribution < -0.4 is 10.1 Å². The van der Waals surface area contributed by atoms with Gasteiger partial charge in [-0.05, 0) is 42.0 Å².